The van der Waals surface area contributed by atoms with Crippen molar-refractivity contribution >= 4 is 17.7 Å². The topological polar surface area (TPSA) is 114 Å². The van der Waals surface area contributed by atoms with Gasteiger partial charge in [-0.15, -0.1) is 0 Å². The van der Waals surface area contributed by atoms with Crippen LogP contribution in [0, 0.1) is 0 Å². The van der Waals surface area contributed by atoms with Crippen molar-refractivity contribution in [2.45, 2.75) is 38.7 Å². The molecule has 1 aromatic heterocycles. The van der Waals surface area contributed by atoms with Gasteiger partial charge in [-0.1, -0.05) is 0 Å². The molecule has 2 rings (SSSR count). The van der Waals surface area contributed by atoms with Gasteiger partial charge in [-0.25, -0.2) is 4.79 Å². The number of hydrogen-bond donors (Lipinski definition) is 1. The van der Waals surface area contributed by atoms with E-state index >= 15 is 0 Å². The van der Waals surface area contributed by atoms with Crippen LogP contribution in [0.15, 0.2) is 10.9 Å². The van der Waals surface area contributed by atoms with Crippen LogP contribution in [0.4, 0.5) is 10.5 Å². The first kappa shape index (κ1) is 20.7. The van der Waals surface area contributed by atoms with Crippen molar-refractivity contribution in [3.8, 4) is 5.75 Å². The second-order valence-corrected chi connectivity index (χ2v) is 5.77. The van der Waals surface area contributed by atoms with Crippen LogP contribution >= 0.6 is 0 Å². The lowest BCUT2D eigenvalue weighted by atomic mass is 10.2. The molecule has 1 aliphatic heterocycles. The first-order chi connectivity index (χ1) is 13.0. The minimum atomic E-state index is -0.838. The average Bonchev–Trinajstić information content (AvgIpc) is 2.70. The maximum atomic E-state index is 12.8. The van der Waals surface area contributed by atoms with Crippen molar-refractivity contribution in [2.24, 2.45) is 0 Å². The summed E-state index contributed by atoms with van der Waals surface area (Å²) in [6, 6.07) is 1.51. The minimum Gasteiger partial charge on any atom is -0.494 e. The molecular formula is C17H24N2O8. The van der Waals surface area contributed by atoms with E-state index in [0.717, 1.165) is 23.8 Å². The second-order valence-electron chi connectivity index (χ2n) is 5.77. The highest BCUT2D eigenvalue weighted by molar-refractivity contribution is 5.86. The van der Waals surface area contributed by atoms with Gasteiger partial charge in [0.05, 0.1) is 33.6 Å². The summed E-state index contributed by atoms with van der Waals surface area (Å²) in [5, 5.41) is 2.31. The van der Waals surface area contributed by atoms with Gasteiger partial charge in [0.25, 0.3) is 5.56 Å². The number of hydrogen-bond acceptors (Lipinski definition) is 8. The van der Waals surface area contributed by atoms with E-state index in [1.54, 1.807) is 0 Å². The van der Waals surface area contributed by atoms with E-state index in [1.165, 1.54) is 27.4 Å². The summed E-state index contributed by atoms with van der Waals surface area (Å²) < 4.78 is 26.8. The molecule has 1 unspecified atom stereocenters. The molecule has 27 heavy (non-hydrogen) atoms. The molecule has 1 atom stereocenters. The van der Waals surface area contributed by atoms with E-state index in [1.807, 2.05) is 0 Å². The first-order valence-corrected chi connectivity index (χ1v) is 8.45. The fourth-order valence-electron chi connectivity index (χ4n) is 2.61. The van der Waals surface area contributed by atoms with Crippen molar-refractivity contribution < 1.29 is 33.3 Å². The third-order valence-electron chi connectivity index (χ3n) is 4.05. The third-order valence-corrected chi connectivity index (χ3v) is 4.05. The Morgan fingerprint density at radius 3 is 2.63 bits per heavy atom. The van der Waals surface area contributed by atoms with Crippen molar-refractivity contribution in [2.75, 3.05) is 33.3 Å². The first-order valence-electron chi connectivity index (χ1n) is 8.45. The molecule has 1 saturated heterocycles. The number of esters is 1. The van der Waals surface area contributed by atoms with Gasteiger partial charge in [0.2, 0.25) is 0 Å². The number of amides is 1. The maximum absolute atomic E-state index is 12.8. The smallest absolute Gasteiger partial charge is 0.411 e. The van der Waals surface area contributed by atoms with Crippen LogP contribution in [-0.4, -0.2) is 50.9 Å². The molecule has 1 fully saturated rings. The molecule has 0 aromatic carbocycles. The second kappa shape index (κ2) is 9.93. The van der Waals surface area contributed by atoms with Gasteiger partial charge in [0.1, 0.15) is 12.3 Å². The normalized spacial score (nSPS) is 16.5. The van der Waals surface area contributed by atoms with Gasteiger partial charge in [0, 0.05) is 12.7 Å². The third kappa shape index (κ3) is 5.44. The van der Waals surface area contributed by atoms with Gasteiger partial charge in [0.15, 0.2) is 12.0 Å². The number of carbonyl (C=O) groups excluding carboxylic acids is 2. The molecular weight excluding hydrogens is 360 g/mol. The zero-order valence-electron chi connectivity index (χ0n) is 15.6. The predicted molar refractivity (Wildman–Crippen MR) is 93.7 cm³/mol. The molecule has 1 N–H and O–H groups in total. The Morgan fingerprint density at radius 2 is 2.04 bits per heavy atom. The SMILES string of the molecule is COC(=O)Cn1c(COC2CCCCO2)cc(OC)c(NC(=O)OC)c1=O. The molecule has 2 heterocycles. The van der Waals surface area contributed by atoms with E-state index in [-0.39, 0.29) is 30.9 Å². The van der Waals surface area contributed by atoms with Crippen LogP contribution in [0.3, 0.4) is 0 Å². The van der Waals surface area contributed by atoms with Crippen molar-refractivity contribution in [3.05, 3.63) is 22.1 Å². The molecule has 150 valence electrons. The minimum absolute atomic E-state index is 0.0196. The lowest BCUT2D eigenvalue weighted by Gasteiger charge is -2.24. The Bertz CT molecular complexity index is 724. The fourth-order valence-corrected chi connectivity index (χ4v) is 2.61. The molecule has 0 saturated carbocycles. The van der Waals surface area contributed by atoms with Crippen molar-refractivity contribution in [3.63, 3.8) is 0 Å². The largest absolute Gasteiger partial charge is 0.494 e. The van der Waals surface area contributed by atoms with Crippen LogP contribution in [0.5, 0.6) is 5.75 Å². The standard InChI is InChI=1S/C17H24N2O8/c1-23-12-8-11(10-27-14-6-4-5-7-26-14)19(9-13(20)24-2)16(21)15(12)18-17(22)25-3/h8,14H,4-7,9-10H2,1-3H3,(H,18,22). The molecule has 0 aliphatic carbocycles. The Hall–Kier alpha value is -2.59. The molecule has 1 amide bonds. The summed E-state index contributed by atoms with van der Waals surface area (Å²) in [4.78, 5) is 36.1. The Morgan fingerprint density at radius 1 is 1.26 bits per heavy atom. The van der Waals surface area contributed by atoms with E-state index < -0.39 is 17.6 Å². The van der Waals surface area contributed by atoms with Crippen LogP contribution in [0.1, 0.15) is 25.0 Å². The number of carbonyl (C=O) groups is 2. The van der Waals surface area contributed by atoms with Gasteiger partial charge in [-0.3, -0.25) is 19.5 Å². The lowest BCUT2D eigenvalue weighted by Crippen LogP contribution is -2.32. The maximum Gasteiger partial charge on any atom is 0.411 e. The quantitative estimate of drug-likeness (QED) is 0.699. The molecule has 1 aromatic rings. The average molecular weight is 384 g/mol. The number of aromatic nitrogens is 1. The van der Waals surface area contributed by atoms with Crippen LogP contribution in [0.25, 0.3) is 0 Å². The highest BCUT2D eigenvalue weighted by Crippen LogP contribution is 2.23. The summed E-state index contributed by atoms with van der Waals surface area (Å²) in [5.74, 6) is -0.504. The van der Waals surface area contributed by atoms with Crippen LogP contribution in [0.2, 0.25) is 0 Å². The van der Waals surface area contributed by atoms with E-state index in [4.69, 9.17) is 14.2 Å². The Kier molecular flexibility index (Phi) is 7.62. The van der Waals surface area contributed by atoms with Crippen LogP contribution < -0.4 is 15.6 Å². The van der Waals surface area contributed by atoms with E-state index in [2.05, 4.69) is 14.8 Å². The summed E-state index contributed by atoms with van der Waals surface area (Å²) >= 11 is 0. The number of anilines is 1. The highest BCUT2D eigenvalue weighted by atomic mass is 16.7. The molecule has 10 nitrogen and oxygen atoms in total. The number of pyridine rings is 1. The zero-order valence-corrected chi connectivity index (χ0v) is 15.6. The van der Waals surface area contributed by atoms with E-state index in [9.17, 15) is 14.4 Å². The summed E-state index contributed by atoms with van der Waals surface area (Å²) in [6.45, 7) is 0.288. The molecule has 0 radical (unpaired) electrons. The number of ether oxygens (including phenoxy) is 5. The van der Waals surface area contributed by atoms with Gasteiger partial charge >= 0.3 is 12.1 Å². The predicted octanol–water partition coefficient (Wildman–Crippen LogP) is 1.25. The van der Waals surface area contributed by atoms with Gasteiger partial charge in [-0.2, -0.15) is 0 Å². The van der Waals surface area contributed by atoms with Crippen LogP contribution in [-0.2, 0) is 36.9 Å². The number of nitrogens with zero attached hydrogens (tertiary/aromatic N) is 1. The van der Waals surface area contributed by atoms with Crippen molar-refractivity contribution in [1.29, 1.82) is 0 Å². The summed E-state index contributed by atoms with van der Waals surface area (Å²) in [5.41, 5.74) is -0.411. The van der Waals surface area contributed by atoms with Crippen molar-refractivity contribution in [1.82, 2.24) is 4.57 Å². The van der Waals surface area contributed by atoms with Gasteiger partial charge < -0.3 is 23.7 Å². The highest BCUT2D eigenvalue weighted by Gasteiger charge is 2.21. The monoisotopic (exact) mass is 384 g/mol. The number of rotatable bonds is 7. The van der Waals surface area contributed by atoms with Gasteiger partial charge in [-0.05, 0) is 19.3 Å². The summed E-state index contributed by atoms with van der Waals surface area (Å²) in [6.07, 6.45) is 1.51. The Balaban J connectivity index is 2.36. The summed E-state index contributed by atoms with van der Waals surface area (Å²) in [7, 11) is 3.74. The number of nitrogens with one attached hydrogen (secondary N) is 1. The number of methoxy groups -OCH3 is 3. The lowest BCUT2D eigenvalue weighted by molar-refractivity contribution is -0.170. The Labute approximate surface area is 156 Å². The fraction of sp³-hybridized carbons (Fsp3) is 0.588. The molecule has 10 heteroatoms. The molecule has 0 bridgehead atoms. The zero-order chi connectivity index (χ0) is 19.8. The van der Waals surface area contributed by atoms with E-state index in [0.29, 0.717) is 12.3 Å². The molecule has 0 spiro atoms. The molecule has 1 aliphatic rings.